The quantitative estimate of drug-likeness (QED) is 0.463. The van der Waals surface area contributed by atoms with Gasteiger partial charge in [-0.2, -0.15) is 0 Å². The van der Waals surface area contributed by atoms with Gasteiger partial charge in [-0.05, 0) is 18.8 Å². The average Bonchev–Trinajstić information content (AvgIpc) is 2.46. The van der Waals surface area contributed by atoms with Gasteiger partial charge in [-0.25, -0.2) is 0 Å². The Kier molecular flexibility index (Phi) is 4.30. The van der Waals surface area contributed by atoms with Gasteiger partial charge in [-0.15, -0.1) is 0 Å². The summed E-state index contributed by atoms with van der Waals surface area (Å²) in [5, 5.41) is 11.2. The molecular weight excluding hydrogens is 242 g/mol. The fourth-order valence-electron chi connectivity index (χ4n) is 2.84. The number of Topliss-reactive ketones (excluding diaryl/α,β-unsaturated/α-hetero) is 1. The molecule has 0 aliphatic heterocycles. The molecule has 1 saturated carbocycles. The lowest BCUT2D eigenvalue weighted by atomic mass is 9.83. The van der Waals surface area contributed by atoms with Crippen LogP contribution in [-0.4, -0.2) is 10.7 Å². The van der Waals surface area contributed by atoms with Gasteiger partial charge in [0.15, 0.2) is 5.78 Å². The molecule has 0 unspecified atom stereocenters. The van der Waals surface area contributed by atoms with E-state index in [1.54, 1.807) is 19.1 Å². The third-order valence-electron chi connectivity index (χ3n) is 3.92. The number of nitrogens with zero attached hydrogens (tertiary/aromatic N) is 1. The van der Waals surface area contributed by atoms with E-state index in [1.165, 1.54) is 12.5 Å². The second-order valence-electron chi connectivity index (χ2n) is 5.14. The van der Waals surface area contributed by atoms with Gasteiger partial charge in [0.05, 0.1) is 4.92 Å². The van der Waals surface area contributed by atoms with Crippen molar-refractivity contribution in [2.24, 2.45) is 0 Å². The van der Waals surface area contributed by atoms with E-state index in [1.807, 2.05) is 0 Å². The molecule has 0 spiro atoms. The van der Waals surface area contributed by atoms with Crippen LogP contribution in [0.4, 0.5) is 5.69 Å². The van der Waals surface area contributed by atoms with Gasteiger partial charge < -0.3 is 0 Å². The number of ketones is 1. The van der Waals surface area contributed by atoms with Crippen LogP contribution in [0.25, 0.3) is 0 Å². The number of hydrogen-bond acceptors (Lipinski definition) is 3. The van der Waals surface area contributed by atoms with Gasteiger partial charge in [0, 0.05) is 23.6 Å². The Balaban J connectivity index is 2.37. The van der Waals surface area contributed by atoms with E-state index in [0.29, 0.717) is 12.0 Å². The van der Waals surface area contributed by atoms with Crippen molar-refractivity contribution in [2.45, 2.75) is 51.4 Å². The van der Waals surface area contributed by atoms with Crippen LogP contribution in [0.3, 0.4) is 0 Å². The van der Waals surface area contributed by atoms with Crippen molar-refractivity contribution < 1.29 is 9.72 Å². The van der Waals surface area contributed by atoms with Crippen molar-refractivity contribution in [3.8, 4) is 0 Å². The average molecular weight is 261 g/mol. The fourth-order valence-corrected chi connectivity index (χ4v) is 2.84. The smallest absolute Gasteiger partial charge is 0.273 e. The minimum Gasteiger partial charge on any atom is -0.294 e. The Morgan fingerprint density at radius 2 is 2.00 bits per heavy atom. The van der Waals surface area contributed by atoms with Gasteiger partial charge in [0.1, 0.15) is 0 Å². The molecule has 1 aromatic carbocycles. The summed E-state index contributed by atoms with van der Waals surface area (Å²) in [5.74, 6) is 0.234. The highest BCUT2D eigenvalue weighted by molar-refractivity contribution is 5.96. The summed E-state index contributed by atoms with van der Waals surface area (Å²) in [4.78, 5) is 22.5. The van der Waals surface area contributed by atoms with E-state index in [9.17, 15) is 14.9 Å². The van der Waals surface area contributed by atoms with Gasteiger partial charge in [0.2, 0.25) is 0 Å². The molecule has 1 aromatic rings. The van der Waals surface area contributed by atoms with Crippen LogP contribution < -0.4 is 0 Å². The molecule has 0 amide bonds. The molecule has 1 aliphatic carbocycles. The van der Waals surface area contributed by atoms with E-state index in [-0.39, 0.29) is 22.3 Å². The molecule has 19 heavy (non-hydrogen) atoms. The summed E-state index contributed by atoms with van der Waals surface area (Å²) >= 11 is 0. The predicted molar refractivity (Wildman–Crippen MR) is 73.5 cm³/mol. The van der Waals surface area contributed by atoms with Gasteiger partial charge in [0.25, 0.3) is 5.69 Å². The predicted octanol–water partition coefficient (Wildman–Crippen LogP) is 4.24. The van der Waals surface area contributed by atoms with Gasteiger partial charge in [-0.3, -0.25) is 14.9 Å². The monoisotopic (exact) mass is 261 g/mol. The van der Waals surface area contributed by atoms with Crippen LogP contribution in [0.1, 0.15) is 67.3 Å². The summed E-state index contributed by atoms with van der Waals surface area (Å²) in [5.41, 5.74) is 1.37. The maximum absolute atomic E-state index is 11.7. The lowest BCUT2D eigenvalue weighted by Crippen LogP contribution is -2.08. The number of carbonyl (C=O) groups is 1. The molecule has 102 valence electrons. The van der Waals surface area contributed by atoms with Crippen LogP contribution >= 0.6 is 0 Å². The van der Waals surface area contributed by atoms with Crippen molar-refractivity contribution in [2.75, 3.05) is 0 Å². The Morgan fingerprint density at radius 1 is 1.32 bits per heavy atom. The first kappa shape index (κ1) is 13.7. The van der Waals surface area contributed by atoms with Gasteiger partial charge in [-0.1, -0.05) is 38.3 Å². The van der Waals surface area contributed by atoms with E-state index in [0.717, 1.165) is 31.2 Å². The normalized spacial score (nSPS) is 16.3. The van der Waals surface area contributed by atoms with Crippen molar-refractivity contribution >= 4 is 11.5 Å². The highest BCUT2D eigenvalue weighted by Gasteiger charge is 2.24. The van der Waals surface area contributed by atoms with Crippen LogP contribution in [0.5, 0.6) is 0 Å². The first-order chi connectivity index (χ1) is 9.13. The van der Waals surface area contributed by atoms with E-state index in [2.05, 4.69) is 0 Å². The molecule has 0 heterocycles. The number of benzene rings is 1. The molecule has 0 saturated heterocycles. The third kappa shape index (κ3) is 3.00. The topological polar surface area (TPSA) is 60.2 Å². The van der Waals surface area contributed by atoms with Crippen molar-refractivity contribution in [3.63, 3.8) is 0 Å². The highest BCUT2D eigenvalue weighted by Crippen LogP contribution is 2.37. The SMILES string of the molecule is CCC(=O)c1ccc(C2CCCCC2)c([N+](=O)[O-])c1. The zero-order valence-corrected chi connectivity index (χ0v) is 11.2. The Labute approximate surface area is 113 Å². The molecule has 0 N–H and O–H groups in total. The second kappa shape index (κ2) is 5.95. The second-order valence-corrected chi connectivity index (χ2v) is 5.14. The number of nitro groups is 1. The summed E-state index contributed by atoms with van der Waals surface area (Å²) in [6.07, 6.45) is 5.90. The van der Waals surface area contributed by atoms with E-state index >= 15 is 0 Å². The minimum absolute atomic E-state index is 0.0432. The standard InChI is InChI=1S/C15H19NO3/c1-2-15(17)12-8-9-13(14(10-12)16(18)19)11-6-4-3-5-7-11/h8-11H,2-7H2,1H3. The first-order valence-electron chi connectivity index (χ1n) is 6.95. The maximum atomic E-state index is 11.7. The molecular formula is C15H19NO3. The zero-order chi connectivity index (χ0) is 13.8. The fraction of sp³-hybridized carbons (Fsp3) is 0.533. The van der Waals surface area contributed by atoms with Crippen LogP contribution in [0.2, 0.25) is 0 Å². The summed E-state index contributed by atoms with van der Waals surface area (Å²) < 4.78 is 0. The van der Waals surface area contributed by atoms with Crippen LogP contribution in [0, 0.1) is 10.1 Å². The minimum atomic E-state index is -0.351. The Morgan fingerprint density at radius 3 is 2.58 bits per heavy atom. The zero-order valence-electron chi connectivity index (χ0n) is 11.2. The molecule has 2 rings (SSSR count). The summed E-state index contributed by atoms with van der Waals surface area (Å²) in [7, 11) is 0. The molecule has 0 bridgehead atoms. The van der Waals surface area contributed by atoms with E-state index in [4.69, 9.17) is 0 Å². The Bertz CT molecular complexity index is 490. The number of hydrogen-bond donors (Lipinski definition) is 0. The number of carbonyl (C=O) groups excluding carboxylic acids is 1. The summed E-state index contributed by atoms with van der Waals surface area (Å²) in [6, 6.07) is 4.98. The van der Waals surface area contributed by atoms with Crippen molar-refractivity contribution in [1.29, 1.82) is 0 Å². The third-order valence-corrected chi connectivity index (χ3v) is 3.92. The van der Waals surface area contributed by atoms with Crippen LogP contribution in [-0.2, 0) is 0 Å². The molecule has 4 nitrogen and oxygen atoms in total. The highest BCUT2D eigenvalue weighted by atomic mass is 16.6. The molecule has 0 atom stereocenters. The lowest BCUT2D eigenvalue weighted by Gasteiger charge is -2.21. The van der Waals surface area contributed by atoms with Gasteiger partial charge >= 0.3 is 0 Å². The first-order valence-corrected chi connectivity index (χ1v) is 6.95. The molecule has 0 aromatic heterocycles. The molecule has 1 fully saturated rings. The lowest BCUT2D eigenvalue weighted by molar-refractivity contribution is -0.385. The number of nitro benzene ring substituents is 1. The largest absolute Gasteiger partial charge is 0.294 e. The number of rotatable bonds is 4. The Hall–Kier alpha value is -1.71. The maximum Gasteiger partial charge on any atom is 0.273 e. The molecule has 0 radical (unpaired) electrons. The van der Waals surface area contributed by atoms with Crippen LogP contribution in [0.15, 0.2) is 18.2 Å². The molecule has 4 heteroatoms. The van der Waals surface area contributed by atoms with E-state index < -0.39 is 0 Å². The molecule has 1 aliphatic rings. The summed E-state index contributed by atoms with van der Waals surface area (Å²) in [6.45, 7) is 1.77. The van der Waals surface area contributed by atoms with Crippen molar-refractivity contribution in [3.05, 3.63) is 39.4 Å². The van der Waals surface area contributed by atoms with Crippen molar-refractivity contribution in [1.82, 2.24) is 0 Å².